The monoisotopic (exact) mass is 377 g/mol. The third-order valence-electron chi connectivity index (χ3n) is 2.53. The van der Waals surface area contributed by atoms with Crippen molar-refractivity contribution < 1.29 is 27.9 Å². The quantitative estimate of drug-likeness (QED) is 0.750. The summed E-state index contributed by atoms with van der Waals surface area (Å²) in [5, 5.41) is 11.8. The third kappa shape index (κ3) is 8.11. The third-order valence-corrected chi connectivity index (χ3v) is 3.41. The normalized spacial score (nSPS) is 10.6. The fourth-order valence-corrected chi connectivity index (χ4v) is 2.24. The van der Waals surface area contributed by atoms with Crippen molar-refractivity contribution >= 4 is 23.2 Å². The topological polar surface area (TPSA) is 112 Å². The number of halogens is 3. The Bertz CT molecular complexity index is 772. The average molecular weight is 377 g/mol. The number of carbonyl (C=O) groups is 2. The molecular weight excluding hydrogens is 363 g/mol. The lowest BCUT2D eigenvalue weighted by Gasteiger charge is -2.04. The number of alkyl halides is 3. The molecule has 3 N–H and O–H groups in total. The molecule has 25 heavy (non-hydrogen) atoms. The van der Waals surface area contributed by atoms with Crippen LogP contribution in [0.1, 0.15) is 16.4 Å². The predicted molar refractivity (Wildman–Crippen MR) is 83.2 cm³/mol. The van der Waals surface area contributed by atoms with Crippen LogP contribution in [0.4, 0.5) is 13.2 Å². The standard InChI is InChI=1S/C12H13N3O2S.C2HF3O2/c1-8-5-12(17)15-10(14-8)7-13-11(16)6-9-3-2-4-18-9;3-2(4,5)1(6)7/h2-5H,6-7H2,1H3,(H,13,16)(H,14,15,17);(H,6,7). The van der Waals surface area contributed by atoms with Gasteiger partial charge in [-0.15, -0.1) is 11.3 Å². The zero-order valence-electron chi connectivity index (χ0n) is 12.9. The van der Waals surface area contributed by atoms with Crippen molar-refractivity contribution in [1.82, 2.24) is 15.3 Å². The first kappa shape index (κ1) is 20.4. The fourth-order valence-electron chi connectivity index (χ4n) is 1.54. The van der Waals surface area contributed by atoms with E-state index < -0.39 is 12.1 Å². The van der Waals surface area contributed by atoms with Crippen LogP contribution in [-0.2, 0) is 22.6 Å². The van der Waals surface area contributed by atoms with Crippen molar-refractivity contribution in [3.63, 3.8) is 0 Å². The van der Waals surface area contributed by atoms with Crippen molar-refractivity contribution in [2.75, 3.05) is 0 Å². The second-order valence-corrected chi connectivity index (χ2v) is 5.70. The van der Waals surface area contributed by atoms with Gasteiger partial charge >= 0.3 is 12.1 Å². The van der Waals surface area contributed by atoms with Crippen molar-refractivity contribution in [3.05, 3.63) is 50.3 Å². The molecule has 11 heteroatoms. The second-order valence-electron chi connectivity index (χ2n) is 4.67. The molecule has 0 radical (unpaired) electrons. The Labute approximate surface area is 143 Å². The Morgan fingerprint density at radius 1 is 1.40 bits per heavy atom. The Balaban J connectivity index is 0.000000381. The van der Waals surface area contributed by atoms with Gasteiger partial charge in [-0.3, -0.25) is 9.59 Å². The van der Waals surface area contributed by atoms with E-state index in [0.717, 1.165) is 4.88 Å². The molecule has 0 aromatic carbocycles. The number of aromatic nitrogens is 2. The van der Waals surface area contributed by atoms with Gasteiger partial charge in [0.25, 0.3) is 5.56 Å². The van der Waals surface area contributed by atoms with E-state index in [1.54, 1.807) is 18.3 Å². The van der Waals surface area contributed by atoms with Gasteiger partial charge in [0.05, 0.1) is 13.0 Å². The van der Waals surface area contributed by atoms with Gasteiger partial charge in [0.1, 0.15) is 5.82 Å². The highest BCUT2D eigenvalue weighted by atomic mass is 32.1. The maximum Gasteiger partial charge on any atom is 0.490 e. The van der Waals surface area contributed by atoms with Crippen molar-refractivity contribution in [2.24, 2.45) is 0 Å². The van der Waals surface area contributed by atoms with Gasteiger partial charge in [0.2, 0.25) is 5.91 Å². The second kappa shape index (κ2) is 8.97. The predicted octanol–water partition coefficient (Wildman–Crippen LogP) is 1.63. The maximum atomic E-state index is 11.6. The van der Waals surface area contributed by atoms with E-state index in [0.29, 0.717) is 17.9 Å². The summed E-state index contributed by atoms with van der Waals surface area (Å²) in [5.74, 6) is -2.37. The Morgan fingerprint density at radius 3 is 2.52 bits per heavy atom. The minimum Gasteiger partial charge on any atom is -0.475 e. The molecule has 0 aliphatic heterocycles. The summed E-state index contributed by atoms with van der Waals surface area (Å²) in [6.07, 6.45) is -4.73. The number of H-pyrrole nitrogens is 1. The molecule has 0 atom stereocenters. The molecular formula is C14H14F3N3O4S. The van der Waals surface area contributed by atoms with Crippen LogP contribution in [-0.4, -0.2) is 33.1 Å². The first-order valence-electron chi connectivity index (χ1n) is 6.74. The number of aryl methyl sites for hydroxylation is 1. The number of nitrogens with zero attached hydrogens (tertiary/aromatic N) is 1. The molecule has 0 unspecified atom stereocenters. The molecule has 136 valence electrons. The zero-order chi connectivity index (χ0) is 19.0. The highest BCUT2D eigenvalue weighted by Gasteiger charge is 2.38. The molecule has 0 aliphatic carbocycles. The van der Waals surface area contributed by atoms with Crippen molar-refractivity contribution in [1.29, 1.82) is 0 Å². The summed E-state index contributed by atoms with van der Waals surface area (Å²) in [4.78, 5) is 39.5. The molecule has 2 heterocycles. The van der Waals surface area contributed by atoms with Crippen LogP contribution >= 0.6 is 11.3 Å². The Hall–Kier alpha value is -2.69. The van der Waals surface area contributed by atoms with Crippen LogP contribution in [0.3, 0.4) is 0 Å². The van der Waals surface area contributed by atoms with Crippen LogP contribution in [0.2, 0.25) is 0 Å². The lowest BCUT2D eigenvalue weighted by atomic mass is 10.3. The average Bonchev–Trinajstić information content (AvgIpc) is 2.96. The van der Waals surface area contributed by atoms with Gasteiger partial charge in [0, 0.05) is 16.6 Å². The number of hydrogen-bond acceptors (Lipinski definition) is 5. The molecule has 2 aromatic rings. The summed E-state index contributed by atoms with van der Waals surface area (Å²) in [5.41, 5.74) is 0.436. The molecule has 0 saturated carbocycles. The largest absolute Gasteiger partial charge is 0.490 e. The van der Waals surface area contributed by atoms with Crippen LogP contribution in [0.25, 0.3) is 0 Å². The van der Waals surface area contributed by atoms with E-state index in [1.807, 2.05) is 17.5 Å². The summed E-state index contributed by atoms with van der Waals surface area (Å²) >= 11 is 1.54. The Morgan fingerprint density at radius 2 is 2.04 bits per heavy atom. The first-order valence-corrected chi connectivity index (χ1v) is 7.62. The van der Waals surface area contributed by atoms with Gasteiger partial charge in [0.15, 0.2) is 0 Å². The van der Waals surface area contributed by atoms with Gasteiger partial charge in [-0.25, -0.2) is 9.78 Å². The number of nitrogens with one attached hydrogen (secondary N) is 2. The molecule has 0 spiro atoms. The van der Waals surface area contributed by atoms with E-state index in [1.165, 1.54) is 6.07 Å². The number of amides is 1. The molecule has 0 saturated heterocycles. The SMILES string of the molecule is Cc1cc(=O)[nH]c(CNC(=O)Cc2cccs2)n1.O=C(O)C(F)(F)F. The summed E-state index contributed by atoms with van der Waals surface area (Å²) in [7, 11) is 0. The number of rotatable bonds is 4. The number of hydrogen-bond donors (Lipinski definition) is 3. The number of carboxylic acid groups (broad SMARTS) is 1. The Kier molecular flexibility index (Phi) is 7.30. The van der Waals surface area contributed by atoms with E-state index >= 15 is 0 Å². The van der Waals surface area contributed by atoms with Gasteiger partial charge in [-0.2, -0.15) is 13.2 Å². The van der Waals surface area contributed by atoms with Crippen molar-refractivity contribution in [3.8, 4) is 0 Å². The smallest absolute Gasteiger partial charge is 0.475 e. The van der Waals surface area contributed by atoms with Crippen LogP contribution < -0.4 is 10.9 Å². The van der Waals surface area contributed by atoms with Crippen LogP contribution in [0.15, 0.2) is 28.4 Å². The molecule has 0 aliphatic rings. The highest BCUT2D eigenvalue weighted by molar-refractivity contribution is 7.10. The van der Waals surface area contributed by atoms with Gasteiger partial charge < -0.3 is 15.4 Å². The zero-order valence-corrected chi connectivity index (χ0v) is 13.7. The highest BCUT2D eigenvalue weighted by Crippen LogP contribution is 2.13. The molecule has 7 nitrogen and oxygen atoms in total. The first-order chi connectivity index (χ1) is 11.6. The molecule has 1 amide bonds. The molecule has 0 fully saturated rings. The molecule has 0 bridgehead atoms. The minimum atomic E-state index is -5.08. The molecule has 2 rings (SSSR count). The van der Waals surface area contributed by atoms with Gasteiger partial charge in [-0.05, 0) is 18.4 Å². The maximum absolute atomic E-state index is 11.6. The number of aliphatic carboxylic acids is 1. The minimum absolute atomic E-state index is 0.0818. The fraction of sp³-hybridized carbons (Fsp3) is 0.286. The van der Waals surface area contributed by atoms with E-state index in [2.05, 4.69) is 15.3 Å². The van der Waals surface area contributed by atoms with Crippen LogP contribution in [0.5, 0.6) is 0 Å². The number of carbonyl (C=O) groups excluding carboxylic acids is 1. The van der Waals surface area contributed by atoms with E-state index in [-0.39, 0.29) is 18.0 Å². The lowest BCUT2D eigenvalue weighted by molar-refractivity contribution is -0.192. The van der Waals surface area contributed by atoms with E-state index in [9.17, 15) is 22.8 Å². The number of aromatic amines is 1. The molecule has 2 aromatic heterocycles. The summed E-state index contributed by atoms with van der Waals surface area (Å²) in [6.45, 7) is 1.98. The number of carboxylic acids is 1. The van der Waals surface area contributed by atoms with Crippen molar-refractivity contribution in [2.45, 2.75) is 26.1 Å². The summed E-state index contributed by atoms with van der Waals surface area (Å²) < 4.78 is 31.7. The van der Waals surface area contributed by atoms with Gasteiger partial charge in [-0.1, -0.05) is 6.07 Å². The lowest BCUT2D eigenvalue weighted by Crippen LogP contribution is -2.26. The van der Waals surface area contributed by atoms with E-state index in [4.69, 9.17) is 9.90 Å². The summed E-state index contributed by atoms with van der Waals surface area (Å²) in [6, 6.07) is 5.24. The van der Waals surface area contributed by atoms with Crippen LogP contribution in [0, 0.1) is 6.92 Å². The number of thiophene rings is 1.